The molecule has 0 amide bonds. The van der Waals surface area contributed by atoms with Crippen LogP contribution in [-0.4, -0.2) is 43.8 Å². The first kappa shape index (κ1) is 13.0. The number of ether oxygens (including phenoxy) is 1. The molecule has 0 saturated carbocycles. The van der Waals surface area contributed by atoms with Gasteiger partial charge in [0.05, 0.1) is 12.2 Å². The van der Waals surface area contributed by atoms with Gasteiger partial charge in [0.15, 0.2) is 0 Å². The summed E-state index contributed by atoms with van der Waals surface area (Å²) in [5.41, 5.74) is 0.0764. The molecule has 1 N–H and O–H groups in total. The first-order valence-corrected chi connectivity index (χ1v) is 7.07. The Hall–Kier alpha value is -0.420. The standard InChI is InChI=1S/C13H22N2OS/c1-11(12-5-4-8-17-12)15(3)6-7-16-13(2)9-14-10-13/h4-5,8,11,14H,6-7,9-10H2,1-3H3. The highest BCUT2D eigenvalue weighted by atomic mass is 32.1. The van der Waals surface area contributed by atoms with Crippen LogP contribution in [0.5, 0.6) is 0 Å². The molecule has 1 atom stereocenters. The summed E-state index contributed by atoms with van der Waals surface area (Å²) in [7, 11) is 2.16. The fourth-order valence-corrected chi connectivity index (χ4v) is 2.80. The van der Waals surface area contributed by atoms with Crippen LogP contribution in [0.3, 0.4) is 0 Å². The number of hydrogen-bond acceptors (Lipinski definition) is 4. The van der Waals surface area contributed by atoms with Crippen molar-refractivity contribution in [1.29, 1.82) is 0 Å². The molecule has 96 valence electrons. The molecule has 1 saturated heterocycles. The van der Waals surface area contributed by atoms with Crippen molar-refractivity contribution >= 4 is 11.3 Å². The molecule has 0 bridgehead atoms. The maximum Gasteiger partial charge on any atom is 0.0902 e. The number of thiophene rings is 1. The van der Waals surface area contributed by atoms with E-state index in [4.69, 9.17) is 4.74 Å². The fraction of sp³-hybridized carbons (Fsp3) is 0.692. The highest BCUT2D eigenvalue weighted by Crippen LogP contribution is 2.23. The Kier molecular flexibility index (Phi) is 4.20. The molecule has 1 aliphatic rings. The van der Waals surface area contributed by atoms with E-state index in [2.05, 4.69) is 48.6 Å². The van der Waals surface area contributed by atoms with Gasteiger partial charge in [-0.1, -0.05) is 6.07 Å². The van der Waals surface area contributed by atoms with Crippen molar-refractivity contribution in [3.63, 3.8) is 0 Å². The second-order valence-corrected chi connectivity index (χ2v) is 6.05. The molecule has 1 aromatic heterocycles. The van der Waals surface area contributed by atoms with E-state index in [1.807, 2.05) is 11.3 Å². The third-order valence-electron chi connectivity index (χ3n) is 3.51. The summed E-state index contributed by atoms with van der Waals surface area (Å²) >= 11 is 1.82. The topological polar surface area (TPSA) is 24.5 Å². The summed E-state index contributed by atoms with van der Waals surface area (Å²) in [4.78, 5) is 3.77. The lowest BCUT2D eigenvalue weighted by Crippen LogP contribution is -2.59. The van der Waals surface area contributed by atoms with Crippen molar-refractivity contribution in [2.24, 2.45) is 0 Å². The molecule has 0 aliphatic carbocycles. The van der Waals surface area contributed by atoms with Crippen molar-refractivity contribution in [2.75, 3.05) is 33.3 Å². The molecule has 0 radical (unpaired) electrons. The molecule has 17 heavy (non-hydrogen) atoms. The second kappa shape index (κ2) is 5.48. The lowest BCUT2D eigenvalue weighted by molar-refractivity contribution is -0.0725. The first-order valence-electron chi connectivity index (χ1n) is 6.19. The van der Waals surface area contributed by atoms with Crippen molar-refractivity contribution in [2.45, 2.75) is 25.5 Å². The van der Waals surface area contributed by atoms with Gasteiger partial charge in [-0.05, 0) is 32.3 Å². The summed E-state index contributed by atoms with van der Waals surface area (Å²) in [5, 5.41) is 5.38. The van der Waals surface area contributed by atoms with Crippen molar-refractivity contribution < 1.29 is 4.74 Å². The summed E-state index contributed by atoms with van der Waals surface area (Å²) in [6.07, 6.45) is 0. The summed E-state index contributed by atoms with van der Waals surface area (Å²) in [5.74, 6) is 0. The zero-order valence-electron chi connectivity index (χ0n) is 10.9. The minimum Gasteiger partial charge on any atom is -0.371 e. The van der Waals surface area contributed by atoms with E-state index in [9.17, 15) is 0 Å². The van der Waals surface area contributed by atoms with Crippen molar-refractivity contribution in [1.82, 2.24) is 10.2 Å². The van der Waals surface area contributed by atoms with Crippen molar-refractivity contribution in [3.05, 3.63) is 22.4 Å². The van der Waals surface area contributed by atoms with Gasteiger partial charge >= 0.3 is 0 Å². The predicted octanol–water partition coefficient (Wildman–Crippen LogP) is 2.12. The number of hydrogen-bond donors (Lipinski definition) is 1. The Morgan fingerprint density at radius 2 is 2.35 bits per heavy atom. The largest absolute Gasteiger partial charge is 0.371 e. The number of rotatable bonds is 6. The molecule has 4 heteroatoms. The van der Waals surface area contributed by atoms with Gasteiger partial charge in [0.25, 0.3) is 0 Å². The summed E-state index contributed by atoms with van der Waals surface area (Å²) < 4.78 is 5.90. The second-order valence-electron chi connectivity index (χ2n) is 5.07. The third-order valence-corrected chi connectivity index (χ3v) is 4.55. The van der Waals surface area contributed by atoms with Gasteiger partial charge in [-0.2, -0.15) is 0 Å². The molecule has 1 aliphatic heterocycles. The number of likely N-dealkylation sites (N-methyl/N-ethyl adjacent to an activating group) is 1. The van der Waals surface area contributed by atoms with Gasteiger partial charge in [-0.15, -0.1) is 11.3 Å². The van der Waals surface area contributed by atoms with Crippen LogP contribution in [0.15, 0.2) is 17.5 Å². The molecule has 2 rings (SSSR count). The lowest BCUT2D eigenvalue weighted by atomic mass is 10.0. The maximum absolute atomic E-state index is 5.90. The van der Waals surface area contributed by atoms with Crippen LogP contribution in [0.2, 0.25) is 0 Å². The van der Waals surface area contributed by atoms with Gasteiger partial charge in [-0.25, -0.2) is 0 Å². The van der Waals surface area contributed by atoms with E-state index in [1.54, 1.807) is 0 Å². The van der Waals surface area contributed by atoms with Gasteiger partial charge in [0, 0.05) is 30.6 Å². The van der Waals surface area contributed by atoms with Gasteiger partial charge in [0.2, 0.25) is 0 Å². The van der Waals surface area contributed by atoms with Gasteiger partial charge < -0.3 is 10.1 Å². The average Bonchev–Trinajstić information content (AvgIpc) is 2.79. The Bertz CT molecular complexity index is 335. The minimum absolute atomic E-state index is 0.0764. The molecule has 0 spiro atoms. The van der Waals surface area contributed by atoms with Crippen LogP contribution in [0.4, 0.5) is 0 Å². The quantitative estimate of drug-likeness (QED) is 0.841. The monoisotopic (exact) mass is 254 g/mol. The molecule has 2 heterocycles. The van der Waals surface area contributed by atoms with Crippen LogP contribution in [0.25, 0.3) is 0 Å². The molecular formula is C13H22N2OS. The van der Waals surface area contributed by atoms with E-state index in [-0.39, 0.29) is 5.60 Å². The zero-order valence-corrected chi connectivity index (χ0v) is 11.7. The molecule has 1 aromatic rings. The number of nitrogens with zero attached hydrogens (tertiary/aromatic N) is 1. The third kappa shape index (κ3) is 3.28. The Morgan fingerprint density at radius 3 is 2.88 bits per heavy atom. The molecule has 1 fully saturated rings. The van der Waals surface area contributed by atoms with E-state index < -0.39 is 0 Å². The smallest absolute Gasteiger partial charge is 0.0902 e. The SMILES string of the molecule is CC(c1cccs1)N(C)CCOC1(C)CNC1. The molecule has 0 aromatic carbocycles. The maximum atomic E-state index is 5.90. The van der Waals surface area contributed by atoms with Crippen LogP contribution in [0.1, 0.15) is 24.8 Å². The average molecular weight is 254 g/mol. The van der Waals surface area contributed by atoms with Crippen LogP contribution >= 0.6 is 11.3 Å². The normalized spacial score (nSPS) is 20.2. The van der Waals surface area contributed by atoms with E-state index in [1.165, 1.54) is 4.88 Å². The van der Waals surface area contributed by atoms with Crippen LogP contribution in [-0.2, 0) is 4.74 Å². The molecular weight excluding hydrogens is 232 g/mol. The molecule has 1 unspecified atom stereocenters. The van der Waals surface area contributed by atoms with Crippen molar-refractivity contribution in [3.8, 4) is 0 Å². The lowest BCUT2D eigenvalue weighted by Gasteiger charge is -2.39. The van der Waals surface area contributed by atoms with E-state index in [0.29, 0.717) is 6.04 Å². The molecule has 3 nitrogen and oxygen atoms in total. The minimum atomic E-state index is 0.0764. The van der Waals surface area contributed by atoms with Crippen LogP contribution in [0, 0.1) is 0 Å². The van der Waals surface area contributed by atoms with Gasteiger partial charge in [0.1, 0.15) is 0 Å². The Labute approximate surface area is 108 Å². The predicted molar refractivity (Wildman–Crippen MR) is 72.6 cm³/mol. The summed E-state index contributed by atoms with van der Waals surface area (Å²) in [6, 6.07) is 4.79. The number of nitrogens with one attached hydrogen (secondary N) is 1. The summed E-state index contributed by atoms with van der Waals surface area (Å²) in [6.45, 7) is 8.18. The zero-order chi connectivity index (χ0) is 12.3. The Balaban J connectivity index is 1.71. The highest BCUT2D eigenvalue weighted by Gasteiger charge is 2.32. The van der Waals surface area contributed by atoms with E-state index >= 15 is 0 Å². The first-order chi connectivity index (χ1) is 8.11. The van der Waals surface area contributed by atoms with Gasteiger partial charge in [-0.3, -0.25) is 4.90 Å². The van der Waals surface area contributed by atoms with E-state index in [0.717, 1.165) is 26.2 Å². The Morgan fingerprint density at radius 1 is 1.59 bits per heavy atom. The van der Waals surface area contributed by atoms with Crippen LogP contribution < -0.4 is 5.32 Å². The highest BCUT2D eigenvalue weighted by molar-refractivity contribution is 7.10. The fourth-order valence-electron chi connectivity index (χ4n) is 1.96.